The van der Waals surface area contributed by atoms with Crippen molar-refractivity contribution in [2.24, 2.45) is 0 Å². The summed E-state index contributed by atoms with van der Waals surface area (Å²) >= 11 is 0. The molecule has 1 saturated heterocycles. The van der Waals surface area contributed by atoms with Gasteiger partial charge in [-0.3, -0.25) is 4.79 Å². The Morgan fingerprint density at radius 3 is 1.40 bits per heavy atom. The molecule has 1 aliphatic rings. The fourth-order valence-electron chi connectivity index (χ4n) is 8.40. The van der Waals surface area contributed by atoms with Crippen molar-refractivity contribution < 1.29 is 44.9 Å². The molecule has 0 aromatic heterocycles. The predicted octanol–water partition coefficient (Wildman–Crippen LogP) is 12.1. The summed E-state index contributed by atoms with van der Waals surface area (Å²) in [6, 6.07) is -1.01. The summed E-state index contributed by atoms with van der Waals surface area (Å²) in [6.07, 6.45) is 51.8. The normalized spacial score (nSPS) is 20.6. The maximum Gasteiger partial charge on any atom is 0.249 e. The van der Waals surface area contributed by atoms with Crippen LogP contribution in [-0.2, 0) is 14.3 Å². The number of rotatable bonds is 46. The standard InChI is InChI=1S/C57H103NO9/c1-3-5-7-9-11-13-15-17-19-20-21-22-23-24-25-26-27-28-29-30-31-32-34-36-38-40-42-44-46-51(61)56(65)58-49(48-66-57-55(64)54(63)53(62)52(47-59)67-57)50(60)45-43-41-39-37-35-33-18-16-14-12-10-8-6-4-2/h14,16,21-22,24-25,35,37,43,45,49-55,57,59-64H,3-13,15,17-20,23,26-34,36,38-42,44,46-48H2,1-2H3,(H,58,65)/b16-14+,22-21-,25-24-,37-35+,45-43+. The molecule has 0 aromatic carbocycles. The van der Waals surface area contributed by atoms with Crippen molar-refractivity contribution in [3.63, 3.8) is 0 Å². The summed E-state index contributed by atoms with van der Waals surface area (Å²) in [4.78, 5) is 13.1. The number of carbonyl (C=O) groups is 1. The van der Waals surface area contributed by atoms with Crippen LogP contribution in [0.25, 0.3) is 0 Å². The van der Waals surface area contributed by atoms with Gasteiger partial charge in [0.1, 0.15) is 30.5 Å². The van der Waals surface area contributed by atoms with Crippen LogP contribution in [0.2, 0.25) is 0 Å². The van der Waals surface area contributed by atoms with Gasteiger partial charge in [-0.15, -0.1) is 0 Å². The lowest BCUT2D eigenvalue weighted by molar-refractivity contribution is -0.302. The first-order valence-corrected chi connectivity index (χ1v) is 27.6. The first kappa shape index (κ1) is 62.9. The predicted molar refractivity (Wildman–Crippen MR) is 278 cm³/mol. The van der Waals surface area contributed by atoms with E-state index in [1.165, 1.54) is 148 Å². The summed E-state index contributed by atoms with van der Waals surface area (Å²) in [6.45, 7) is 3.57. The van der Waals surface area contributed by atoms with Crippen LogP contribution >= 0.6 is 0 Å². The first-order valence-electron chi connectivity index (χ1n) is 27.6. The molecule has 0 saturated carbocycles. The van der Waals surface area contributed by atoms with E-state index in [0.29, 0.717) is 19.3 Å². The average Bonchev–Trinajstić information content (AvgIpc) is 3.33. The van der Waals surface area contributed by atoms with Crippen LogP contribution in [0, 0.1) is 0 Å². The molecule has 1 amide bonds. The number of amides is 1. The third-order valence-corrected chi connectivity index (χ3v) is 12.9. The van der Waals surface area contributed by atoms with E-state index in [2.05, 4.69) is 67.8 Å². The van der Waals surface area contributed by atoms with E-state index in [9.17, 15) is 35.4 Å². The van der Waals surface area contributed by atoms with Gasteiger partial charge in [0, 0.05) is 0 Å². The highest BCUT2D eigenvalue weighted by Gasteiger charge is 2.44. The average molecular weight is 946 g/mol. The molecule has 0 spiro atoms. The van der Waals surface area contributed by atoms with E-state index in [1.54, 1.807) is 6.08 Å². The molecule has 7 N–H and O–H groups in total. The Morgan fingerprint density at radius 2 is 0.925 bits per heavy atom. The van der Waals surface area contributed by atoms with E-state index >= 15 is 0 Å². The molecule has 1 fully saturated rings. The molecule has 390 valence electrons. The van der Waals surface area contributed by atoms with E-state index in [0.717, 1.165) is 51.4 Å². The Morgan fingerprint density at radius 1 is 0.522 bits per heavy atom. The lowest BCUT2D eigenvalue weighted by atomic mass is 9.99. The van der Waals surface area contributed by atoms with Gasteiger partial charge in [-0.05, 0) is 77.0 Å². The van der Waals surface area contributed by atoms with Crippen molar-refractivity contribution in [3.8, 4) is 0 Å². The highest BCUT2D eigenvalue weighted by Crippen LogP contribution is 2.23. The number of carbonyl (C=O) groups excluding carboxylic acids is 1. The Hall–Kier alpha value is -2.15. The van der Waals surface area contributed by atoms with E-state index in [-0.39, 0.29) is 6.61 Å². The summed E-state index contributed by atoms with van der Waals surface area (Å²) in [5, 5.41) is 64.8. The van der Waals surface area contributed by atoms with Crippen LogP contribution < -0.4 is 5.32 Å². The Balaban J connectivity index is 2.26. The van der Waals surface area contributed by atoms with Gasteiger partial charge in [0.15, 0.2) is 6.29 Å². The largest absolute Gasteiger partial charge is 0.394 e. The summed E-state index contributed by atoms with van der Waals surface area (Å²) in [5.74, 6) is -0.633. The Kier molecular flexibility index (Phi) is 43.4. The minimum atomic E-state index is -1.62. The van der Waals surface area contributed by atoms with Crippen molar-refractivity contribution >= 4 is 5.91 Å². The fourth-order valence-corrected chi connectivity index (χ4v) is 8.40. The maximum absolute atomic E-state index is 13.1. The fraction of sp³-hybridized carbons (Fsp3) is 0.807. The second-order valence-corrected chi connectivity index (χ2v) is 19.1. The zero-order chi connectivity index (χ0) is 48.8. The highest BCUT2D eigenvalue weighted by atomic mass is 16.7. The smallest absolute Gasteiger partial charge is 0.249 e. The van der Waals surface area contributed by atoms with Crippen LogP contribution in [0.1, 0.15) is 232 Å². The molecule has 0 aromatic rings. The number of aliphatic hydroxyl groups excluding tert-OH is 6. The third-order valence-electron chi connectivity index (χ3n) is 12.9. The van der Waals surface area contributed by atoms with Crippen molar-refractivity contribution in [3.05, 3.63) is 60.8 Å². The number of unbranched alkanes of at least 4 members (excludes halogenated alkanes) is 27. The topological polar surface area (TPSA) is 169 Å². The third kappa shape index (κ3) is 35.6. The quantitative estimate of drug-likeness (QED) is 0.0232. The molecule has 1 aliphatic heterocycles. The molecule has 8 atom stereocenters. The Labute approximate surface area is 409 Å². The molecule has 0 aliphatic carbocycles. The molecular weight excluding hydrogens is 843 g/mol. The monoisotopic (exact) mass is 946 g/mol. The first-order chi connectivity index (χ1) is 32.8. The van der Waals surface area contributed by atoms with Gasteiger partial charge < -0.3 is 45.4 Å². The van der Waals surface area contributed by atoms with E-state index < -0.39 is 61.5 Å². The van der Waals surface area contributed by atoms with Crippen LogP contribution in [0.4, 0.5) is 0 Å². The molecule has 8 unspecified atom stereocenters. The zero-order valence-corrected chi connectivity index (χ0v) is 42.8. The van der Waals surface area contributed by atoms with Crippen LogP contribution in [-0.4, -0.2) is 98.7 Å². The number of hydrogen-bond acceptors (Lipinski definition) is 9. The minimum Gasteiger partial charge on any atom is -0.394 e. The van der Waals surface area contributed by atoms with Crippen molar-refractivity contribution in [1.29, 1.82) is 0 Å². The lowest BCUT2D eigenvalue weighted by Gasteiger charge is -2.40. The van der Waals surface area contributed by atoms with Gasteiger partial charge in [-0.2, -0.15) is 0 Å². The molecule has 0 bridgehead atoms. The molecule has 10 heteroatoms. The summed E-state index contributed by atoms with van der Waals surface area (Å²) in [7, 11) is 0. The van der Waals surface area contributed by atoms with Gasteiger partial charge >= 0.3 is 0 Å². The van der Waals surface area contributed by atoms with Gasteiger partial charge in [-0.1, -0.05) is 216 Å². The number of ether oxygens (including phenoxy) is 2. The summed E-state index contributed by atoms with van der Waals surface area (Å²) < 4.78 is 11.1. The number of allylic oxidation sites excluding steroid dienone is 9. The van der Waals surface area contributed by atoms with Gasteiger partial charge in [0.2, 0.25) is 5.91 Å². The lowest BCUT2D eigenvalue weighted by Crippen LogP contribution is -2.60. The van der Waals surface area contributed by atoms with Crippen LogP contribution in [0.3, 0.4) is 0 Å². The molecule has 10 nitrogen and oxygen atoms in total. The van der Waals surface area contributed by atoms with Gasteiger partial charge in [-0.25, -0.2) is 0 Å². The molecule has 1 heterocycles. The van der Waals surface area contributed by atoms with Gasteiger partial charge in [0.05, 0.1) is 25.4 Å². The number of aliphatic hydroxyl groups is 6. The molecule has 1 rings (SSSR count). The number of nitrogens with one attached hydrogen (secondary N) is 1. The van der Waals surface area contributed by atoms with E-state index in [4.69, 9.17) is 9.47 Å². The van der Waals surface area contributed by atoms with Crippen molar-refractivity contribution in [2.75, 3.05) is 13.2 Å². The van der Waals surface area contributed by atoms with Crippen LogP contribution in [0.15, 0.2) is 60.8 Å². The zero-order valence-electron chi connectivity index (χ0n) is 42.8. The van der Waals surface area contributed by atoms with Crippen molar-refractivity contribution in [2.45, 2.75) is 281 Å². The Bertz CT molecular complexity index is 1250. The minimum absolute atomic E-state index is 0.297. The maximum atomic E-state index is 13.1. The van der Waals surface area contributed by atoms with Gasteiger partial charge in [0.25, 0.3) is 0 Å². The number of hydrogen-bond donors (Lipinski definition) is 7. The molecule has 67 heavy (non-hydrogen) atoms. The summed E-state index contributed by atoms with van der Waals surface area (Å²) in [5.41, 5.74) is 0. The van der Waals surface area contributed by atoms with Crippen LogP contribution in [0.5, 0.6) is 0 Å². The second kappa shape index (κ2) is 46.2. The van der Waals surface area contributed by atoms with E-state index in [1.807, 2.05) is 6.08 Å². The SMILES string of the molecule is CCCCCC/C=C/CC/C=C/CC/C=C/C(O)C(COC1OC(CO)C(O)C(O)C1O)NC(=O)C(O)CCCCCCCCCCCCCC/C=C\C/C=C\CCCCCCCCCCC. The molecule has 0 radical (unpaired) electrons. The highest BCUT2D eigenvalue weighted by molar-refractivity contribution is 5.80. The second-order valence-electron chi connectivity index (χ2n) is 19.1. The molecular formula is C57H103NO9. The van der Waals surface area contributed by atoms with Crippen molar-refractivity contribution in [1.82, 2.24) is 5.32 Å².